The molecule has 0 aromatic heterocycles. The van der Waals surface area contributed by atoms with Gasteiger partial charge in [0.25, 0.3) is 0 Å². The second-order valence-electron chi connectivity index (χ2n) is 10.2. The minimum atomic E-state index is -1.81. The molecule has 0 spiro atoms. The normalized spacial score (nSPS) is 54.0. The first-order valence-electron chi connectivity index (χ1n) is 10.2. The summed E-state index contributed by atoms with van der Waals surface area (Å²) in [6, 6.07) is 0. The first-order valence-corrected chi connectivity index (χ1v) is 10.2. The van der Waals surface area contributed by atoms with Crippen molar-refractivity contribution in [2.24, 2.45) is 34.0 Å². The number of alkyl halides is 1. The van der Waals surface area contributed by atoms with Crippen LogP contribution < -0.4 is 0 Å². The number of carbonyl (C=O) groups excluding carboxylic acids is 2. The largest absolute Gasteiger partial charge is 0.390 e. The van der Waals surface area contributed by atoms with Gasteiger partial charge in [-0.25, -0.2) is 4.39 Å². The maximum atomic E-state index is 17.0. The Labute approximate surface area is 161 Å². The van der Waals surface area contributed by atoms with E-state index in [1.54, 1.807) is 19.1 Å². The number of ketones is 2. The molecule has 4 aliphatic rings. The Balaban J connectivity index is 1.86. The molecule has 0 radical (unpaired) electrons. The lowest BCUT2D eigenvalue weighted by Crippen LogP contribution is -2.68. The lowest BCUT2D eigenvalue weighted by atomic mass is 9.42. The third-order valence-electron chi connectivity index (χ3n) is 9.35. The summed E-state index contributed by atoms with van der Waals surface area (Å²) in [5.41, 5.74) is -2.89. The Morgan fingerprint density at radius 2 is 1.93 bits per heavy atom. The number of Topliss-reactive ketones (excluding diaryl/α,β-unsaturated/α-hetero) is 1. The minimum absolute atomic E-state index is 0.0617. The highest BCUT2D eigenvalue weighted by molar-refractivity contribution is 6.01. The van der Waals surface area contributed by atoms with Crippen molar-refractivity contribution in [1.82, 2.24) is 0 Å². The Bertz CT molecular complexity index is 784. The molecule has 4 heteroatoms. The number of hydrogen-bond acceptors (Lipinski definition) is 3. The third kappa shape index (κ3) is 2.01. The van der Waals surface area contributed by atoms with Gasteiger partial charge in [0.1, 0.15) is 5.78 Å². The van der Waals surface area contributed by atoms with Gasteiger partial charge >= 0.3 is 0 Å². The molecule has 0 aromatic carbocycles. The lowest BCUT2D eigenvalue weighted by molar-refractivity contribution is -0.208. The number of allylic oxidation sites excluding steroid dienone is 4. The number of hydrogen-bond donors (Lipinski definition) is 1. The second-order valence-corrected chi connectivity index (χ2v) is 10.2. The third-order valence-corrected chi connectivity index (χ3v) is 9.35. The lowest BCUT2D eigenvalue weighted by Gasteiger charge is -2.64. The van der Waals surface area contributed by atoms with Crippen LogP contribution in [0, 0.1) is 34.0 Å². The average molecular weight is 374 g/mol. The van der Waals surface area contributed by atoms with Gasteiger partial charge in [-0.1, -0.05) is 32.4 Å². The van der Waals surface area contributed by atoms with Crippen LogP contribution in [0.25, 0.3) is 0 Å². The highest BCUT2D eigenvalue weighted by atomic mass is 19.1. The fraction of sp³-hybridized carbons (Fsp3) is 0.739. The van der Waals surface area contributed by atoms with Crippen molar-refractivity contribution in [2.75, 3.05) is 0 Å². The Morgan fingerprint density at radius 3 is 2.56 bits per heavy atom. The van der Waals surface area contributed by atoms with Crippen molar-refractivity contribution < 1.29 is 19.1 Å². The highest BCUT2D eigenvalue weighted by Crippen LogP contribution is 2.72. The summed E-state index contributed by atoms with van der Waals surface area (Å²) >= 11 is 0. The van der Waals surface area contributed by atoms with Gasteiger partial charge in [-0.15, -0.1) is 0 Å². The molecule has 8 atom stereocenters. The molecule has 3 saturated carbocycles. The van der Waals surface area contributed by atoms with Crippen LogP contribution in [0.4, 0.5) is 4.39 Å². The van der Waals surface area contributed by atoms with Crippen molar-refractivity contribution in [3.63, 3.8) is 0 Å². The molecule has 0 saturated heterocycles. The zero-order valence-corrected chi connectivity index (χ0v) is 17.0. The van der Waals surface area contributed by atoms with E-state index in [0.29, 0.717) is 12.8 Å². The number of carbonyl (C=O) groups is 2. The van der Waals surface area contributed by atoms with Crippen LogP contribution in [-0.2, 0) is 9.59 Å². The Kier molecular flexibility index (Phi) is 3.81. The SMILES string of the molecule is CC(=O)[C@@]1(C)CC[C@H]2[C@@H]3C[C@H](C)C4=CC(=O)C=C[C@]4(C)[C@@]3(F)[C@@H](O)C[C@@]21C. The number of halogens is 1. The van der Waals surface area contributed by atoms with Crippen LogP contribution >= 0.6 is 0 Å². The summed E-state index contributed by atoms with van der Waals surface area (Å²) < 4.78 is 17.0. The number of fused-ring (bicyclic) bond motifs is 5. The van der Waals surface area contributed by atoms with Crippen molar-refractivity contribution in [3.05, 3.63) is 23.8 Å². The van der Waals surface area contributed by atoms with Crippen LogP contribution in [0.15, 0.2) is 23.8 Å². The fourth-order valence-corrected chi connectivity index (χ4v) is 7.42. The number of rotatable bonds is 1. The molecular formula is C23H31FO3. The van der Waals surface area contributed by atoms with Crippen LogP contribution in [0.2, 0.25) is 0 Å². The van der Waals surface area contributed by atoms with E-state index in [1.165, 1.54) is 6.08 Å². The van der Waals surface area contributed by atoms with Crippen LogP contribution in [0.1, 0.15) is 60.3 Å². The molecule has 0 amide bonds. The van der Waals surface area contributed by atoms with E-state index < -0.39 is 28.0 Å². The zero-order chi connectivity index (χ0) is 20.0. The van der Waals surface area contributed by atoms with E-state index in [2.05, 4.69) is 13.8 Å². The van der Waals surface area contributed by atoms with E-state index in [1.807, 2.05) is 13.8 Å². The molecule has 27 heavy (non-hydrogen) atoms. The standard InChI is InChI=1S/C23H31FO3/c1-13-10-18-16-7-9-20(3,14(2)25)22(16,5)12-19(27)23(18,24)21(4)8-6-15(26)11-17(13)21/h6,8,11,13,16,18-19,27H,7,9-10,12H2,1-5H3/t13-,16-,18-,19-,20+,21-,22-,23-/m0/s1. The van der Waals surface area contributed by atoms with Crippen LogP contribution in [-0.4, -0.2) is 28.4 Å². The molecule has 0 aliphatic heterocycles. The van der Waals surface area contributed by atoms with Gasteiger partial charge < -0.3 is 5.11 Å². The van der Waals surface area contributed by atoms with Gasteiger partial charge in [0.2, 0.25) is 0 Å². The molecule has 0 aromatic rings. The highest BCUT2D eigenvalue weighted by Gasteiger charge is 2.73. The maximum Gasteiger partial charge on any atom is 0.178 e. The minimum Gasteiger partial charge on any atom is -0.390 e. The summed E-state index contributed by atoms with van der Waals surface area (Å²) in [5, 5.41) is 11.2. The zero-order valence-electron chi connectivity index (χ0n) is 17.0. The maximum absolute atomic E-state index is 17.0. The van der Waals surface area contributed by atoms with Gasteiger partial charge in [-0.05, 0) is 68.9 Å². The predicted octanol–water partition coefficient (Wildman–Crippen LogP) is 4.20. The van der Waals surface area contributed by atoms with Crippen molar-refractivity contribution in [1.29, 1.82) is 0 Å². The van der Waals surface area contributed by atoms with Gasteiger partial charge in [-0.2, -0.15) is 0 Å². The molecule has 3 nitrogen and oxygen atoms in total. The quantitative estimate of drug-likeness (QED) is 0.748. The molecule has 1 N–H and O–H groups in total. The summed E-state index contributed by atoms with van der Waals surface area (Å²) in [7, 11) is 0. The van der Waals surface area contributed by atoms with E-state index in [9.17, 15) is 14.7 Å². The topological polar surface area (TPSA) is 54.4 Å². The summed E-state index contributed by atoms with van der Waals surface area (Å²) in [5.74, 6) is -0.132. The summed E-state index contributed by atoms with van der Waals surface area (Å²) in [6.07, 6.45) is 6.05. The van der Waals surface area contributed by atoms with Gasteiger partial charge in [-0.3, -0.25) is 9.59 Å². The summed E-state index contributed by atoms with van der Waals surface area (Å²) in [6.45, 7) is 9.64. The second kappa shape index (κ2) is 5.40. The average Bonchev–Trinajstić information content (AvgIpc) is 2.85. The van der Waals surface area contributed by atoms with Gasteiger partial charge in [0, 0.05) is 16.7 Å². The first kappa shape index (κ1) is 19.0. The molecule has 0 unspecified atom stereocenters. The number of aliphatic hydroxyl groups excluding tert-OH is 1. The molecule has 4 aliphatic carbocycles. The summed E-state index contributed by atoms with van der Waals surface area (Å²) in [4.78, 5) is 24.5. The molecule has 148 valence electrons. The molecule has 0 heterocycles. The molecule has 3 fully saturated rings. The Morgan fingerprint density at radius 1 is 1.26 bits per heavy atom. The monoisotopic (exact) mass is 374 g/mol. The van der Waals surface area contributed by atoms with Crippen LogP contribution in [0.3, 0.4) is 0 Å². The fourth-order valence-electron chi connectivity index (χ4n) is 7.42. The van der Waals surface area contributed by atoms with Crippen molar-refractivity contribution in [2.45, 2.75) is 72.1 Å². The van der Waals surface area contributed by atoms with E-state index in [-0.39, 0.29) is 29.3 Å². The van der Waals surface area contributed by atoms with E-state index in [4.69, 9.17) is 0 Å². The van der Waals surface area contributed by atoms with E-state index >= 15 is 4.39 Å². The number of aliphatic hydroxyl groups is 1. The van der Waals surface area contributed by atoms with Gasteiger partial charge in [0.15, 0.2) is 11.5 Å². The van der Waals surface area contributed by atoms with Crippen molar-refractivity contribution >= 4 is 11.6 Å². The van der Waals surface area contributed by atoms with E-state index in [0.717, 1.165) is 18.4 Å². The molecule has 0 bridgehead atoms. The predicted molar refractivity (Wildman–Crippen MR) is 102 cm³/mol. The Hall–Kier alpha value is -1.29. The molecular weight excluding hydrogens is 343 g/mol. The van der Waals surface area contributed by atoms with Crippen LogP contribution in [0.5, 0.6) is 0 Å². The first-order chi connectivity index (χ1) is 12.4. The van der Waals surface area contributed by atoms with Gasteiger partial charge in [0.05, 0.1) is 6.10 Å². The van der Waals surface area contributed by atoms with Crippen molar-refractivity contribution in [3.8, 4) is 0 Å². The molecule has 4 rings (SSSR count). The smallest absolute Gasteiger partial charge is 0.178 e.